The van der Waals surface area contributed by atoms with Gasteiger partial charge in [-0.25, -0.2) is 15.0 Å². The van der Waals surface area contributed by atoms with Crippen molar-refractivity contribution in [3.8, 4) is 23.0 Å². The lowest BCUT2D eigenvalue weighted by Crippen LogP contribution is -2.02. The Morgan fingerprint density at radius 2 is 1.94 bits per heavy atom. The van der Waals surface area contributed by atoms with Crippen LogP contribution in [-0.2, 0) is 6.42 Å². The molecule has 2 aromatic carbocycles. The van der Waals surface area contributed by atoms with Crippen LogP contribution in [0.5, 0.6) is 0 Å². The number of hydrogen-bond acceptors (Lipinski definition) is 9. The van der Waals surface area contributed by atoms with Gasteiger partial charge in [-0.2, -0.15) is 14.9 Å². The molecule has 0 aliphatic rings. The normalized spacial score (nSPS) is 10.7. The number of anilines is 3. The number of nitrogens with two attached hydrogens (primary N) is 1. The van der Waals surface area contributed by atoms with E-state index in [0.717, 1.165) is 28.2 Å². The predicted octanol–water partition coefficient (Wildman–Crippen LogP) is 3.06. The van der Waals surface area contributed by atoms with E-state index in [-0.39, 0.29) is 5.95 Å². The molecular formula is C22H16N10. The Labute approximate surface area is 182 Å². The minimum absolute atomic E-state index is 0.217. The minimum atomic E-state index is 0.217. The molecule has 0 bridgehead atoms. The fourth-order valence-corrected chi connectivity index (χ4v) is 3.27. The molecule has 3 aromatic heterocycles. The van der Waals surface area contributed by atoms with Crippen LogP contribution in [0.2, 0.25) is 0 Å². The quantitative estimate of drug-likeness (QED) is 0.438. The Balaban J connectivity index is 1.47. The van der Waals surface area contributed by atoms with Gasteiger partial charge >= 0.3 is 0 Å². The van der Waals surface area contributed by atoms with Gasteiger partial charge in [0.1, 0.15) is 0 Å². The molecule has 0 aliphatic heterocycles. The van der Waals surface area contributed by atoms with Crippen molar-refractivity contribution in [2.24, 2.45) is 0 Å². The number of nitrogen functional groups attached to an aromatic ring is 1. The molecular weight excluding hydrogens is 404 g/mol. The van der Waals surface area contributed by atoms with Gasteiger partial charge in [0.15, 0.2) is 11.2 Å². The van der Waals surface area contributed by atoms with Gasteiger partial charge < -0.3 is 11.1 Å². The van der Waals surface area contributed by atoms with Crippen LogP contribution in [0.15, 0.2) is 67.0 Å². The lowest BCUT2D eigenvalue weighted by molar-refractivity contribution is 0.816. The molecule has 32 heavy (non-hydrogen) atoms. The Kier molecular flexibility index (Phi) is 4.82. The molecule has 10 nitrogen and oxygen atoms in total. The first-order valence-corrected chi connectivity index (χ1v) is 9.70. The number of fused-ring (bicyclic) bond motifs is 1. The lowest BCUT2D eigenvalue weighted by atomic mass is 10.1. The second-order valence-electron chi connectivity index (χ2n) is 6.91. The van der Waals surface area contributed by atoms with E-state index in [4.69, 9.17) is 11.0 Å². The molecule has 154 valence electrons. The standard InChI is InChI=1S/C22H16N10/c23-9-7-14-3-1-6-17(11-14)32-20-19(30-31-32)13-26-22(29-20)27-16-5-2-4-15(12-16)18-8-10-25-21(24)28-18/h1-6,8,10-13H,7H2,(H2,24,25,28)(H,26,27,29). The van der Waals surface area contributed by atoms with E-state index in [0.29, 0.717) is 23.5 Å². The van der Waals surface area contributed by atoms with Gasteiger partial charge in [-0.15, -0.1) is 5.10 Å². The smallest absolute Gasteiger partial charge is 0.229 e. The monoisotopic (exact) mass is 420 g/mol. The number of nitriles is 1. The summed E-state index contributed by atoms with van der Waals surface area (Å²) in [4.78, 5) is 17.1. The predicted molar refractivity (Wildman–Crippen MR) is 119 cm³/mol. The zero-order chi connectivity index (χ0) is 21.9. The summed E-state index contributed by atoms with van der Waals surface area (Å²) < 4.78 is 1.63. The van der Waals surface area contributed by atoms with E-state index >= 15 is 0 Å². The molecule has 0 spiro atoms. The first-order valence-electron chi connectivity index (χ1n) is 9.70. The fourth-order valence-electron chi connectivity index (χ4n) is 3.27. The highest BCUT2D eigenvalue weighted by Gasteiger charge is 2.11. The highest BCUT2D eigenvalue weighted by molar-refractivity contribution is 5.73. The Morgan fingerprint density at radius 1 is 1.03 bits per heavy atom. The van der Waals surface area contributed by atoms with Gasteiger partial charge in [0, 0.05) is 17.4 Å². The van der Waals surface area contributed by atoms with E-state index in [2.05, 4.69) is 41.6 Å². The summed E-state index contributed by atoms with van der Waals surface area (Å²) in [6, 6.07) is 19.2. The van der Waals surface area contributed by atoms with Gasteiger partial charge in [0.2, 0.25) is 11.9 Å². The number of nitrogens with zero attached hydrogens (tertiary/aromatic N) is 8. The average molecular weight is 420 g/mol. The van der Waals surface area contributed by atoms with Crippen LogP contribution < -0.4 is 11.1 Å². The summed E-state index contributed by atoms with van der Waals surface area (Å²) >= 11 is 0. The van der Waals surface area contributed by atoms with Crippen molar-refractivity contribution < 1.29 is 0 Å². The van der Waals surface area contributed by atoms with Crippen molar-refractivity contribution in [1.82, 2.24) is 34.9 Å². The molecule has 0 fully saturated rings. The molecule has 0 saturated heterocycles. The fraction of sp³-hybridized carbons (Fsp3) is 0.0455. The molecule has 0 saturated carbocycles. The van der Waals surface area contributed by atoms with Crippen LogP contribution in [0.4, 0.5) is 17.6 Å². The maximum atomic E-state index is 8.97. The molecule has 5 aromatic rings. The molecule has 0 aliphatic carbocycles. The molecule has 0 unspecified atom stereocenters. The van der Waals surface area contributed by atoms with E-state index in [1.165, 1.54) is 0 Å². The molecule has 0 radical (unpaired) electrons. The second kappa shape index (κ2) is 8.08. The van der Waals surface area contributed by atoms with Crippen LogP contribution in [-0.4, -0.2) is 34.9 Å². The van der Waals surface area contributed by atoms with Crippen molar-refractivity contribution in [3.63, 3.8) is 0 Å². The van der Waals surface area contributed by atoms with Crippen LogP contribution in [0, 0.1) is 11.3 Å². The van der Waals surface area contributed by atoms with Crippen molar-refractivity contribution in [1.29, 1.82) is 5.26 Å². The third kappa shape index (κ3) is 3.78. The highest BCUT2D eigenvalue weighted by atomic mass is 15.4. The van der Waals surface area contributed by atoms with Crippen molar-refractivity contribution in [2.75, 3.05) is 11.1 Å². The minimum Gasteiger partial charge on any atom is -0.368 e. The van der Waals surface area contributed by atoms with Crippen LogP contribution in [0.25, 0.3) is 28.1 Å². The number of rotatable bonds is 5. The van der Waals surface area contributed by atoms with Crippen LogP contribution in [0.3, 0.4) is 0 Å². The summed E-state index contributed by atoms with van der Waals surface area (Å²) in [7, 11) is 0. The molecule has 0 amide bonds. The Hall–Kier alpha value is -4.91. The van der Waals surface area contributed by atoms with E-state index in [1.54, 1.807) is 23.1 Å². The summed E-state index contributed by atoms with van der Waals surface area (Å²) in [6.45, 7) is 0. The van der Waals surface area contributed by atoms with E-state index in [9.17, 15) is 0 Å². The van der Waals surface area contributed by atoms with Gasteiger partial charge in [-0.1, -0.05) is 29.5 Å². The Morgan fingerprint density at radius 3 is 2.81 bits per heavy atom. The molecule has 3 heterocycles. The second-order valence-corrected chi connectivity index (χ2v) is 6.91. The van der Waals surface area contributed by atoms with Crippen molar-refractivity contribution in [2.45, 2.75) is 6.42 Å². The van der Waals surface area contributed by atoms with Crippen molar-refractivity contribution in [3.05, 3.63) is 72.6 Å². The molecule has 5 rings (SSSR count). The largest absolute Gasteiger partial charge is 0.368 e. The van der Waals surface area contributed by atoms with E-state index < -0.39 is 0 Å². The van der Waals surface area contributed by atoms with Gasteiger partial charge in [0.25, 0.3) is 0 Å². The number of hydrogen-bond donors (Lipinski definition) is 2. The third-order valence-electron chi connectivity index (χ3n) is 4.72. The topological polar surface area (TPSA) is 144 Å². The number of benzene rings is 2. The third-order valence-corrected chi connectivity index (χ3v) is 4.72. The zero-order valence-electron chi connectivity index (χ0n) is 16.7. The summed E-state index contributed by atoms with van der Waals surface area (Å²) in [6.07, 6.45) is 3.55. The van der Waals surface area contributed by atoms with Gasteiger partial charge in [0.05, 0.1) is 30.1 Å². The zero-order valence-corrected chi connectivity index (χ0v) is 16.7. The van der Waals surface area contributed by atoms with Crippen LogP contribution >= 0.6 is 0 Å². The van der Waals surface area contributed by atoms with Gasteiger partial charge in [-0.3, -0.25) is 0 Å². The Bertz CT molecular complexity index is 1470. The summed E-state index contributed by atoms with van der Waals surface area (Å²) in [5, 5.41) is 20.5. The van der Waals surface area contributed by atoms with E-state index in [1.807, 2.05) is 48.5 Å². The van der Waals surface area contributed by atoms with Crippen molar-refractivity contribution >= 4 is 28.7 Å². The first kappa shape index (κ1) is 19.1. The number of nitrogens with one attached hydrogen (secondary N) is 1. The summed E-state index contributed by atoms with van der Waals surface area (Å²) in [5.74, 6) is 0.614. The maximum Gasteiger partial charge on any atom is 0.229 e. The average Bonchev–Trinajstić information content (AvgIpc) is 3.23. The lowest BCUT2D eigenvalue weighted by Gasteiger charge is -2.08. The molecule has 0 atom stereocenters. The molecule has 10 heteroatoms. The van der Waals surface area contributed by atoms with Crippen LogP contribution in [0.1, 0.15) is 5.56 Å². The first-order chi connectivity index (χ1) is 15.7. The maximum absolute atomic E-state index is 8.97. The summed E-state index contributed by atoms with van der Waals surface area (Å²) in [5.41, 5.74) is 10.9. The highest BCUT2D eigenvalue weighted by Crippen LogP contribution is 2.23. The molecule has 3 N–H and O–H groups in total. The number of aromatic nitrogens is 7. The van der Waals surface area contributed by atoms with Gasteiger partial charge in [-0.05, 0) is 35.9 Å². The SMILES string of the molecule is N#CCc1cccc(-n2nnc3cnc(Nc4cccc(-c5ccnc(N)n5)c4)nc32)c1.